The van der Waals surface area contributed by atoms with Gasteiger partial charge in [-0.15, -0.1) is 0 Å². The minimum atomic E-state index is -0.942. The Labute approximate surface area is 348 Å². The zero-order chi connectivity index (χ0) is 40.7. The molecule has 1 unspecified atom stereocenters. The van der Waals surface area contributed by atoms with E-state index in [1.54, 1.807) is 61.3 Å². The largest absolute Gasteiger partial charge is 0.265 e. The fourth-order valence-electron chi connectivity index (χ4n) is 5.20. The van der Waals surface area contributed by atoms with E-state index in [2.05, 4.69) is 45.9 Å². The highest BCUT2D eigenvalue weighted by Crippen LogP contribution is 2.36. The van der Waals surface area contributed by atoms with E-state index in [4.69, 9.17) is 20.5 Å². The second-order valence-corrected chi connectivity index (χ2v) is 17.3. The van der Waals surface area contributed by atoms with Crippen molar-refractivity contribution in [1.29, 1.82) is 10.5 Å². The Morgan fingerprint density at radius 2 is 1.14 bits per heavy atom. The van der Waals surface area contributed by atoms with Gasteiger partial charge in [0.2, 0.25) is 0 Å². The summed E-state index contributed by atoms with van der Waals surface area (Å²) in [5.41, 5.74) is 8.04. The highest BCUT2D eigenvalue weighted by atomic mass is 32.2. The molecular formula is C42H42N8O3S4. The maximum atomic E-state index is 12.2. The number of aromatic nitrogens is 6. The van der Waals surface area contributed by atoms with E-state index in [9.17, 15) is 14.7 Å². The molecule has 1 atom stereocenters. The first kappa shape index (κ1) is 44.7. The van der Waals surface area contributed by atoms with E-state index in [0.717, 1.165) is 73.5 Å². The first-order valence-electron chi connectivity index (χ1n) is 18.0. The summed E-state index contributed by atoms with van der Waals surface area (Å²) in [7, 11) is -0.942. The Morgan fingerprint density at radius 1 is 0.649 bits per heavy atom. The van der Waals surface area contributed by atoms with Gasteiger partial charge in [0.25, 0.3) is 0 Å². The molecule has 0 aromatic carbocycles. The van der Waals surface area contributed by atoms with Gasteiger partial charge in [0.1, 0.15) is 22.2 Å². The quantitative estimate of drug-likeness (QED) is 0.0309. The van der Waals surface area contributed by atoms with Gasteiger partial charge in [-0.3, -0.25) is 34.7 Å². The van der Waals surface area contributed by atoms with Crippen molar-refractivity contribution in [1.82, 2.24) is 29.9 Å². The lowest BCUT2D eigenvalue weighted by molar-refractivity contribution is -0.176. The van der Waals surface area contributed by atoms with E-state index in [1.165, 1.54) is 24.6 Å². The van der Waals surface area contributed by atoms with E-state index >= 15 is 0 Å². The number of nitrogens with zero attached hydrogens (tertiary/aromatic N) is 8. The van der Waals surface area contributed by atoms with Crippen LogP contribution < -0.4 is 0 Å². The molecule has 0 aliphatic carbocycles. The third-order valence-electron chi connectivity index (χ3n) is 8.07. The van der Waals surface area contributed by atoms with E-state index < -0.39 is 10.8 Å². The highest BCUT2D eigenvalue weighted by molar-refractivity contribution is 8.16. The van der Waals surface area contributed by atoms with Gasteiger partial charge in [-0.2, -0.15) is 22.3 Å². The molecule has 0 aliphatic heterocycles. The molecule has 0 radical (unpaired) electrons. The van der Waals surface area contributed by atoms with Gasteiger partial charge in [-0.05, 0) is 90.4 Å². The van der Waals surface area contributed by atoms with Gasteiger partial charge in [-0.25, -0.2) is 9.97 Å². The van der Waals surface area contributed by atoms with Crippen LogP contribution in [-0.4, -0.2) is 66.3 Å². The Balaban J connectivity index is 0.000000242. The minimum absolute atomic E-state index is 0.425. The third-order valence-corrected chi connectivity index (χ3v) is 13.2. The van der Waals surface area contributed by atoms with Crippen LogP contribution in [0.1, 0.15) is 50.7 Å². The van der Waals surface area contributed by atoms with Crippen molar-refractivity contribution < 1.29 is 14.7 Å². The highest BCUT2D eigenvalue weighted by Gasteiger charge is 2.18. The molecule has 15 heteroatoms. The van der Waals surface area contributed by atoms with Crippen LogP contribution in [-0.2, 0) is 10.8 Å². The van der Waals surface area contributed by atoms with Crippen molar-refractivity contribution in [3.05, 3.63) is 121 Å². The summed E-state index contributed by atoms with van der Waals surface area (Å²) >= 11 is 4.90. The molecule has 2 N–H and O–H groups in total. The van der Waals surface area contributed by atoms with Gasteiger partial charge in [-0.1, -0.05) is 50.2 Å². The molecule has 0 amide bonds. The molecule has 292 valence electrons. The number of rotatable bonds is 16. The van der Waals surface area contributed by atoms with E-state index in [1.807, 2.05) is 72.4 Å². The second-order valence-electron chi connectivity index (χ2n) is 11.9. The first-order chi connectivity index (χ1) is 28.1. The number of unbranched alkanes of at least 4 members (excludes halogenated alkanes) is 2. The molecule has 57 heavy (non-hydrogen) atoms. The Kier molecular flexibility index (Phi) is 19.8. The van der Waals surface area contributed by atoms with Gasteiger partial charge >= 0.3 is 0 Å². The van der Waals surface area contributed by atoms with Crippen molar-refractivity contribution in [3.8, 4) is 56.9 Å². The number of hydrogen-bond acceptors (Lipinski definition) is 14. The summed E-state index contributed by atoms with van der Waals surface area (Å²) < 4.78 is 12.2. The van der Waals surface area contributed by atoms with E-state index in [-0.39, 0.29) is 0 Å². The summed E-state index contributed by atoms with van der Waals surface area (Å²) in [6.07, 6.45) is 18.3. The molecule has 0 spiro atoms. The number of thioether (sulfide) groups is 3. The number of pyridine rings is 6. The summed E-state index contributed by atoms with van der Waals surface area (Å²) in [5, 5.41) is 34.3. The monoisotopic (exact) mass is 834 g/mol. The summed E-state index contributed by atoms with van der Waals surface area (Å²) in [5.74, 6) is 1.80. The molecular weight excluding hydrogens is 793 g/mol. The number of hydrogen-bond donors (Lipinski definition) is 2. The Bertz CT molecular complexity index is 2230. The van der Waals surface area contributed by atoms with Gasteiger partial charge in [0, 0.05) is 93.5 Å². The van der Waals surface area contributed by atoms with Crippen LogP contribution in [0.5, 0.6) is 0 Å². The van der Waals surface area contributed by atoms with Crippen LogP contribution in [0.25, 0.3) is 44.8 Å². The van der Waals surface area contributed by atoms with Crippen molar-refractivity contribution in [3.63, 3.8) is 0 Å². The third kappa shape index (κ3) is 13.6. The summed E-state index contributed by atoms with van der Waals surface area (Å²) in [6.45, 7) is 4.28. The molecule has 11 nitrogen and oxygen atoms in total. The lowest BCUT2D eigenvalue weighted by atomic mass is 10.0. The molecule has 0 saturated heterocycles. The summed E-state index contributed by atoms with van der Waals surface area (Å²) in [4.78, 5) is 26.0. The Hall–Kier alpha value is -5.00. The van der Waals surface area contributed by atoms with Crippen molar-refractivity contribution >= 4 is 46.1 Å². The van der Waals surface area contributed by atoms with Crippen LogP contribution in [0.3, 0.4) is 0 Å². The molecule has 6 aromatic rings. The smallest absolute Gasteiger partial charge is 0.116 e. The normalized spacial score (nSPS) is 10.8. The maximum absolute atomic E-state index is 12.2. The van der Waals surface area contributed by atoms with Gasteiger partial charge in [0.05, 0.1) is 27.6 Å². The molecule has 0 bridgehead atoms. The zero-order valence-electron chi connectivity index (χ0n) is 31.6. The van der Waals surface area contributed by atoms with Crippen LogP contribution in [0.15, 0.2) is 120 Å². The molecule has 6 heterocycles. The van der Waals surface area contributed by atoms with Crippen molar-refractivity contribution in [2.24, 2.45) is 0 Å². The maximum Gasteiger partial charge on any atom is 0.116 e. The van der Waals surface area contributed by atoms with Crippen molar-refractivity contribution in [2.45, 2.75) is 49.6 Å². The topological polar surface area (TPSA) is 182 Å². The fourth-order valence-corrected chi connectivity index (χ4v) is 9.92. The molecule has 0 aliphatic rings. The van der Waals surface area contributed by atoms with Gasteiger partial charge in [0.15, 0.2) is 0 Å². The first-order valence-corrected chi connectivity index (χ1v) is 22.6. The van der Waals surface area contributed by atoms with Gasteiger partial charge < -0.3 is 0 Å². The van der Waals surface area contributed by atoms with Crippen molar-refractivity contribution in [2.75, 3.05) is 21.7 Å². The van der Waals surface area contributed by atoms with Crippen LogP contribution in [0, 0.1) is 22.7 Å². The van der Waals surface area contributed by atoms with Crippen LogP contribution >= 0.6 is 35.3 Å². The SMILES string of the molecule is CCCCS(=O)CSc1nc(-c2cccnc2)cc(-c2ccncc2)c1C#N.CCCCSCSc1nc(-c2cccnc2)cc(-c2ccncc2)c1C#N.OO. The van der Waals surface area contributed by atoms with Crippen LogP contribution in [0.4, 0.5) is 0 Å². The average Bonchev–Trinajstić information content (AvgIpc) is 3.29. The summed E-state index contributed by atoms with van der Waals surface area (Å²) in [6, 6.07) is 23.8. The predicted molar refractivity (Wildman–Crippen MR) is 233 cm³/mol. The minimum Gasteiger partial charge on any atom is -0.265 e. The number of nitriles is 2. The molecule has 0 fully saturated rings. The molecule has 6 aromatic heterocycles. The average molecular weight is 835 g/mol. The Morgan fingerprint density at radius 3 is 1.58 bits per heavy atom. The zero-order valence-corrected chi connectivity index (χ0v) is 34.8. The lowest BCUT2D eigenvalue weighted by Gasteiger charge is -2.12. The standard InChI is InChI=1S/C21H20N4OS2.C21H20N4S2.H2O2/c1-2-3-11-28(26)15-27-21-19(13-22)18(16-6-9-23-10-7-16)12-20(25-21)17-5-4-8-24-14-17;1-2-3-11-26-15-27-21-19(13-22)18(16-6-9-23-10-7-16)12-20(25-21)17-5-4-8-24-14-17;1-2/h4-10,12,14H,2-3,11,15H2,1H3;4-10,12,14H,2-3,11,15H2,1H3;1-2H. The van der Waals surface area contributed by atoms with E-state index in [0.29, 0.717) is 27.0 Å². The predicted octanol–water partition coefficient (Wildman–Crippen LogP) is 10.4. The lowest BCUT2D eigenvalue weighted by Crippen LogP contribution is -2.02. The fraction of sp³-hybridized carbons (Fsp3) is 0.238. The van der Waals surface area contributed by atoms with Crippen LogP contribution in [0.2, 0.25) is 0 Å². The molecule has 0 saturated carbocycles. The molecule has 6 rings (SSSR count). The second kappa shape index (κ2) is 25.3.